The predicted molar refractivity (Wildman–Crippen MR) is 137 cm³/mol. The zero-order chi connectivity index (χ0) is 25.2. The quantitative estimate of drug-likeness (QED) is 0.442. The third kappa shape index (κ3) is 5.80. The van der Waals surface area contributed by atoms with Gasteiger partial charge in [-0.1, -0.05) is 29.8 Å². The standard InChI is InChI=1S/C22H21ClN4O5S3/c1-24-35(31,32)19-5-3-2-4-17(19)15-6-9-21(25-14-15)27-12-10-18(22(27)28)26-34(29,30)13-11-16-7-8-20(23)33-16/h2-9,11,13-14,18,24,26H,10,12H2,1H3/t18-/m0/s1. The summed E-state index contributed by atoms with van der Waals surface area (Å²) in [6.45, 7) is 0.285. The Kier molecular flexibility index (Phi) is 7.40. The normalized spacial score (nSPS) is 16.9. The summed E-state index contributed by atoms with van der Waals surface area (Å²) in [4.78, 5) is 19.4. The highest BCUT2D eigenvalue weighted by Crippen LogP contribution is 2.29. The average Bonchev–Trinajstić information content (AvgIpc) is 3.43. The van der Waals surface area contributed by atoms with E-state index < -0.39 is 32.0 Å². The summed E-state index contributed by atoms with van der Waals surface area (Å²) in [5, 5.41) is 1.01. The molecule has 9 nitrogen and oxygen atoms in total. The van der Waals surface area contributed by atoms with Crippen LogP contribution in [0.3, 0.4) is 0 Å². The van der Waals surface area contributed by atoms with Gasteiger partial charge in [-0.25, -0.2) is 26.5 Å². The maximum atomic E-state index is 12.9. The molecular weight excluding hydrogens is 532 g/mol. The van der Waals surface area contributed by atoms with Crippen LogP contribution in [-0.2, 0) is 24.8 Å². The fourth-order valence-corrected chi connectivity index (χ4v) is 6.61. The first-order valence-electron chi connectivity index (χ1n) is 10.4. The number of sulfonamides is 2. The molecule has 35 heavy (non-hydrogen) atoms. The van der Waals surface area contributed by atoms with E-state index in [9.17, 15) is 21.6 Å². The lowest BCUT2D eigenvalue weighted by molar-refractivity contribution is -0.118. The highest BCUT2D eigenvalue weighted by molar-refractivity contribution is 7.92. The summed E-state index contributed by atoms with van der Waals surface area (Å²) in [5.74, 6) is -0.0715. The van der Waals surface area contributed by atoms with Crippen molar-refractivity contribution in [1.82, 2.24) is 14.4 Å². The fourth-order valence-electron chi connectivity index (χ4n) is 3.58. The molecule has 2 aromatic heterocycles. The molecule has 13 heteroatoms. The molecule has 184 valence electrons. The number of carbonyl (C=O) groups excluding carboxylic acids is 1. The van der Waals surface area contributed by atoms with Gasteiger partial charge in [-0.3, -0.25) is 9.69 Å². The first-order valence-corrected chi connectivity index (χ1v) is 14.6. The van der Waals surface area contributed by atoms with Gasteiger partial charge in [0.2, 0.25) is 26.0 Å². The van der Waals surface area contributed by atoms with Crippen molar-refractivity contribution in [3.63, 3.8) is 0 Å². The molecule has 1 aliphatic heterocycles. The fraction of sp³-hybridized carbons (Fsp3) is 0.182. The molecule has 4 rings (SSSR count). The van der Waals surface area contributed by atoms with E-state index >= 15 is 0 Å². The van der Waals surface area contributed by atoms with Gasteiger partial charge in [-0.15, -0.1) is 11.3 Å². The Labute approximate surface area is 212 Å². The van der Waals surface area contributed by atoms with Crippen LogP contribution >= 0.6 is 22.9 Å². The minimum Gasteiger partial charge on any atom is -0.295 e. The van der Waals surface area contributed by atoms with Crippen LogP contribution in [0.25, 0.3) is 17.2 Å². The van der Waals surface area contributed by atoms with Gasteiger partial charge in [-0.2, -0.15) is 4.72 Å². The number of halogens is 1. The van der Waals surface area contributed by atoms with Crippen LogP contribution in [-0.4, -0.2) is 47.4 Å². The second-order valence-electron chi connectivity index (χ2n) is 7.55. The van der Waals surface area contributed by atoms with Gasteiger partial charge < -0.3 is 0 Å². The Hall–Kier alpha value is -2.61. The third-order valence-electron chi connectivity index (χ3n) is 5.30. The van der Waals surface area contributed by atoms with Crippen molar-refractivity contribution in [3.05, 3.63) is 69.3 Å². The van der Waals surface area contributed by atoms with Gasteiger partial charge in [0.1, 0.15) is 11.9 Å². The summed E-state index contributed by atoms with van der Waals surface area (Å²) in [6.07, 6.45) is 3.19. The lowest BCUT2D eigenvalue weighted by atomic mass is 10.1. The number of nitrogens with zero attached hydrogens (tertiary/aromatic N) is 2. The molecule has 1 aromatic carbocycles. The SMILES string of the molecule is CNS(=O)(=O)c1ccccc1-c1ccc(N2CC[C@H](NS(=O)(=O)C=Cc3ccc(Cl)s3)C2=O)nc1. The number of hydrogen-bond acceptors (Lipinski definition) is 7. The molecule has 1 aliphatic rings. The molecule has 3 aromatic rings. The number of carbonyl (C=O) groups is 1. The molecule has 2 N–H and O–H groups in total. The van der Waals surface area contributed by atoms with Gasteiger partial charge in [-0.05, 0) is 49.9 Å². The van der Waals surface area contributed by atoms with E-state index in [1.54, 1.807) is 42.5 Å². The minimum atomic E-state index is -3.85. The highest BCUT2D eigenvalue weighted by Gasteiger charge is 2.35. The van der Waals surface area contributed by atoms with E-state index in [2.05, 4.69) is 14.4 Å². The number of anilines is 1. The number of benzene rings is 1. The van der Waals surface area contributed by atoms with E-state index in [4.69, 9.17) is 11.6 Å². The Bertz CT molecular complexity index is 1490. The molecule has 1 amide bonds. The van der Waals surface area contributed by atoms with Crippen LogP contribution in [0.4, 0.5) is 5.82 Å². The van der Waals surface area contributed by atoms with Crippen LogP contribution in [0.15, 0.2) is 65.0 Å². The van der Waals surface area contributed by atoms with Crippen molar-refractivity contribution in [3.8, 4) is 11.1 Å². The smallest absolute Gasteiger partial charge is 0.246 e. The molecule has 1 fully saturated rings. The number of nitrogens with one attached hydrogen (secondary N) is 2. The Morgan fingerprint density at radius 3 is 2.54 bits per heavy atom. The third-order valence-corrected chi connectivity index (χ3v) is 9.07. The molecule has 3 heterocycles. The van der Waals surface area contributed by atoms with Crippen LogP contribution in [0.5, 0.6) is 0 Å². The molecule has 0 bridgehead atoms. The summed E-state index contributed by atoms with van der Waals surface area (Å²) in [6, 6.07) is 12.2. The van der Waals surface area contributed by atoms with Gasteiger partial charge in [0, 0.05) is 34.2 Å². The molecular formula is C22H21ClN4O5S3. The molecule has 0 saturated carbocycles. The van der Waals surface area contributed by atoms with E-state index in [0.29, 0.717) is 26.2 Å². The van der Waals surface area contributed by atoms with E-state index in [1.807, 2.05) is 0 Å². The van der Waals surface area contributed by atoms with Crippen molar-refractivity contribution in [2.24, 2.45) is 0 Å². The highest BCUT2D eigenvalue weighted by atomic mass is 35.5. The Morgan fingerprint density at radius 2 is 1.89 bits per heavy atom. The van der Waals surface area contributed by atoms with Crippen LogP contribution < -0.4 is 14.3 Å². The number of hydrogen-bond donors (Lipinski definition) is 2. The number of rotatable bonds is 8. The number of thiophene rings is 1. The molecule has 0 spiro atoms. The van der Waals surface area contributed by atoms with Crippen molar-refractivity contribution in [2.75, 3.05) is 18.5 Å². The molecule has 0 radical (unpaired) electrons. The lowest BCUT2D eigenvalue weighted by Gasteiger charge is -2.17. The number of amides is 1. The number of pyridine rings is 1. The second kappa shape index (κ2) is 10.2. The van der Waals surface area contributed by atoms with Crippen molar-refractivity contribution < 1.29 is 21.6 Å². The summed E-state index contributed by atoms with van der Waals surface area (Å²) in [7, 11) is -6.19. The predicted octanol–water partition coefficient (Wildman–Crippen LogP) is 3.07. The van der Waals surface area contributed by atoms with Gasteiger partial charge in [0.05, 0.1) is 9.23 Å². The monoisotopic (exact) mass is 552 g/mol. The largest absolute Gasteiger partial charge is 0.295 e. The summed E-state index contributed by atoms with van der Waals surface area (Å²) in [5.41, 5.74) is 1.03. The molecule has 1 atom stereocenters. The van der Waals surface area contributed by atoms with Gasteiger partial charge in [0.25, 0.3) is 0 Å². The van der Waals surface area contributed by atoms with Crippen molar-refractivity contribution in [1.29, 1.82) is 0 Å². The first kappa shape index (κ1) is 25.5. The van der Waals surface area contributed by atoms with Crippen molar-refractivity contribution in [2.45, 2.75) is 17.4 Å². The van der Waals surface area contributed by atoms with Crippen LogP contribution in [0.1, 0.15) is 11.3 Å². The average molecular weight is 553 g/mol. The maximum absolute atomic E-state index is 12.9. The maximum Gasteiger partial charge on any atom is 0.246 e. The molecule has 0 unspecified atom stereocenters. The van der Waals surface area contributed by atoms with Gasteiger partial charge >= 0.3 is 0 Å². The Balaban J connectivity index is 1.48. The summed E-state index contributed by atoms with van der Waals surface area (Å²) >= 11 is 7.09. The topological polar surface area (TPSA) is 126 Å². The van der Waals surface area contributed by atoms with Crippen LogP contribution in [0.2, 0.25) is 4.34 Å². The molecule has 0 aliphatic carbocycles. The first-order chi connectivity index (χ1) is 16.6. The second-order valence-corrected chi connectivity index (χ2v) is 12.7. The van der Waals surface area contributed by atoms with E-state index in [-0.39, 0.29) is 17.9 Å². The van der Waals surface area contributed by atoms with Crippen LogP contribution in [0, 0.1) is 0 Å². The zero-order valence-corrected chi connectivity index (χ0v) is 21.6. The zero-order valence-electron chi connectivity index (χ0n) is 18.4. The van der Waals surface area contributed by atoms with Gasteiger partial charge in [0.15, 0.2) is 0 Å². The summed E-state index contributed by atoms with van der Waals surface area (Å²) < 4.78 is 54.8. The van der Waals surface area contributed by atoms with E-state index in [0.717, 1.165) is 5.41 Å². The molecule has 1 saturated heterocycles. The van der Waals surface area contributed by atoms with E-state index in [1.165, 1.54) is 41.6 Å². The lowest BCUT2D eigenvalue weighted by Crippen LogP contribution is -2.40. The minimum absolute atomic E-state index is 0.113. The number of aromatic nitrogens is 1. The van der Waals surface area contributed by atoms with Crippen molar-refractivity contribution >= 4 is 60.8 Å². The Morgan fingerprint density at radius 1 is 1.11 bits per heavy atom.